The number of morpholine rings is 1. The van der Waals surface area contributed by atoms with Gasteiger partial charge in [0, 0.05) is 19.6 Å². The highest BCUT2D eigenvalue weighted by Gasteiger charge is 2.20. The molecular formula is C9H16N2O2. The number of nitriles is 1. The molecule has 1 N–H and O–H groups in total. The smallest absolute Gasteiger partial charge is 0.0932 e. The van der Waals surface area contributed by atoms with E-state index in [4.69, 9.17) is 15.1 Å². The Hall–Kier alpha value is -0.630. The standard InChI is InChI=1S/C9H16N2O2/c1-8(4-10)5-11-2-3-13-9(6-11)7-12/h8-9,12H,2-3,5-7H2,1H3. The molecule has 1 aliphatic heterocycles. The zero-order valence-corrected chi connectivity index (χ0v) is 7.94. The van der Waals surface area contributed by atoms with Crippen LogP contribution < -0.4 is 0 Å². The molecule has 13 heavy (non-hydrogen) atoms. The third kappa shape index (κ3) is 3.31. The number of aliphatic hydroxyl groups is 1. The van der Waals surface area contributed by atoms with Crippen molar-refractivity contribution in [3.05, 3.63) is 0 Å². The van der Waals surface area contributed by atoms with Gasteiger partial charge in [0.1, 0.15) is 0 Å². The minimum atomic E-state index is -0.0698. The van der Waals surface area contributed by atoms with Crippen molar-refractivity contribution < 1.29 is 9.84 Å². The minimum absolute atomic E-state index is 0.0532. The number of rotatable bonds is 3. The topological polar surface area (TPSA) is 56.5 Å². The highest BCUT2D eigenvalue weighted by atomic mass is 16.5. The molecule has 4 nitrogen and oxygen atoms in total. The Balaban J connectivity index is 2.30. The van der Waals surface area contributed by atoms with Crippen LogP contribution in [0, 0.1) is 17.2 Å². The average molecular weight is 184 g/mol. The molecule has 0 amide bonds. The average Bonchev–Trinajstić information content (AvgIpc) is 2.18. The molecule has 0 aliphatic carbocycles. The van der Waals surface area contributed by atoms with Crippen molar-refractivity contribution in [2.75, 3.05) is 32.8 Å². The first-order valence-electron chi connectivity index (χ1n) is 4.60. The van der Waals surface area contributed by atoms with Crippen molar-refractivity contribution in [3.63, 3.8) is 0 Å². The Labute approximate surface area is 78.7 Å². The summed E-state index contributed by atoms with van der Waals surface area (Å²) in [5.74, 6) is 0.0532. The summed E-state index contributed by atoms with van der Waals surface area (Å²) in [6.45, 7) is 5.01. The van der Waals surface area contributed by atoms with Gasteiger partial charge in [-0.25, -0.2) is 0 Å². The lowest BCUT2D eigenvalue weighted by molar-refractivity contribution is -0.0542. The fraction of sp³-hybridized carbons (Fsp3) is 0.889. The fourth-order valence-corrected chi connectivity index (χ4v) is 1.48. The van der Waals surface area contributed by atoms with Crippen LogP contribution in [0.2, 0.25) is 0 Å². The van der Waals surface area contributed by atoms with E-state index in [0.29, 0.717) is 6.61 Å². The lowest BCUT2D eigenvalue weighted by Crippen LogP contribution is -2.45. The Morgan fingerprint density at radius 1 is 1.77 bits per heavy atom. The number of nitrogens with zero attached hydrogens (tertiary/aromatic N) is 2. The summed E-state index contributed by atoms with van der Waals surface area (Å²) in [6, 6.07) is 2.20. The van der Waals surface area contributed by atoms with Gasteiger partial charge in [0.05, 0.1) is 31.3 Å². The molecule has 74 valence electrons. The van der Waals surface area contributed by atoms with Crippen LogP contribution in [0.1, 0.15) is 6.92 Å². The summed E-state index contributed by atoms with van der Waals surface area (Å²) in [7, 11) is 0. The molecule has 0 saturated carbocycles. The van der Waals surface area contributed by atoms with Gasteiger partial charge in [-0.05, 0) is 6.92 Å². The molecule has 1 saturated heterocycles. The SMILES string of the molecule is CC(C#N)CN1CCOC(CO)C1. The Morgan fingerprint density at radius 3 is 3.15 bits per heavy atom. The first-order valence-corrected chi connectivity index (χ1v) is 4.60. The summed E-state index contributed by atoms with van der Waals surface area (Å²) < 4.78 is 5.30. The summed E-state index contributed by atoms with van der Waals surface area (Å²) in [6.07, 6.45) is -0.0698. The second kappa shape index (κ2) is 5.18. The summed E-state index contributed by atoms with van der Waals surface area (Å²) in [4.78, 5) is 2.16. The zero-order valence-electron chi connectivity index (χ0n) is 7.94. The third-order valence-corrected chi connectivity index (χ3v) is 2.18. The highest BCUT2D eigenvalue weighted by Crippen LogP contribution is 2.06. The molecule has 1 fully saturated rings. The number of hydrogen-bond acceptors (Lipinski definition) is 4. The molecule has 1 heterocycles. The van der Waals surface area contributed by atoms with Gasteiger partial charge in [0.15, 0.2) is 0 Å². The maximum Gasteiger partial charge on any atom is 0.0932 e. The van der Waals surface area contributed by atoms with Crippen LogP contribution in [0.25, 0.3) is 0 Å². The Bertz CT molecular complexity index is 191. The quantitative estimate of drug-likeness (QED) is 0.662. The minimum Gasteiger partial charge on any atom is -0.394 e. The molecule has 0 aromatic heterocycles. The Kier molecular flexibility index (Phi) is 4.16. The highest BCUT2D eigenvalue weighted by molar-refractivity contribution is 4.83. The van der Waals surface area contributed by atoms with Gasteiger partial charge < -0.3 is 9.84 Å². The van der Waals surface area contributed by atoms with Crippen LogP contribution in [-0.4, -0.2) is 49.0 Å². The van der Waals surface area contributed by atoms with Crippen LogP contribution in [-0.2, 0) is 4.74 Å². The van der Waals surface area contributed by atoms with Crippen molar-refractivity contribution in [1.29, 1.82) is 5.26 Å². The normalized spacial score (nSPS) is 26.7. The van der Waals surface area contributed by atoms with Crippen LogP contribution >= 0.6 is 0 Å². The van der Waals surface area contributed by atoms with Crippen LogP contribution in [0.3, 0.4) is 0 Å². The number of ether oxygens (including phenoxy) is 1. The molecule has 0 aromatic carbocycles. The maximum absolute atomic E-state index is 8.88. The van der Waals surface area contributed by atoms with E-state index in [2.05, 4.69) is 11.0 Å². The van der Waals surface area contributed by atoms with Crippen LogP contribution in [0.4, 0.5) is 0 Å². The molecule has 0 aromatic rings. The van der Waals surface area contributed by atoms with Gasteiger partial charge in [-0.3, -0.25) is 4.90 Å². The molecule has 2 unspecified atom stereocenters. The largest absolute Gasteiger partial charge is 0.394 e. The summed E-state index contributed by atoms with van der Waals surface area (Å²) in [5, 5.41) is 17.5. The fourth-order valence-electron chi connectivity index (χ4n) is 1.48. The van der Waals surface area contributed by atoms with E-state index in [0.717, 1.165) is 19.6 Å². The van der Waals surface area contributed by atoms with Gasteiger partial charge in [0.2, 0.25) is 0 Å². The first kappa shape index (κ1) is 10.5. The molecule has 1 aliphatic rings. The van der Waals surface area contributed by atoms with Crippen LogP contribution in [0.5, 0.6) is 0 Å². The van der Waals surface area contributed by atoms with Gasteiger partial charge in [0.25, 0.3) is 0 Å². The van der Waals surface area contributed by atoms with Crippen LogP contribution in [0.15, 0.2) is 0 Å². The van der Waals surface area contributed by atoms with Crippen molar-refractivity contribution in [1.82, 2.24) is 4.90 Å². The molecule has 1 rings (SSSR count). The third-order valence-electron chi connectivity index (χ3n) is 2.18. The molecular weight excluding hydrogens is 168 g/mol. The predicted molar refractivity (Wildman–Crippen MR) is 48.0 cm³/mol. The van der Waals surface area contributed by atoms with E-state index >= 15 is 0 Å². The molecule has 4 heteroatoms. The monoisotopic (exact) mass is 184 g/mol. The van der Waals surface area contributed by atoms with E-state index in [9.17, 15) is 0 Å². The molecule has 2 atom stereocenters. The zero-order chi connectivity index (χ0) is 9.68. The van der Waals surface area contributed by atoms with E-state index in [1.54, 1.807) is 0 Å². The van der Waals surface area contributed by atoms with Gasteiger partial charge in [-0.2, -0.15) is 5.26 Å². The lowest BCUT2D eigenvalue weighted by atomic mass is 10.2. The molecule has 0 spiro atoms. The van der Waals surface area contributed by atoms with Crippen molar-refractivity contribution in [2.45, 2.75) is 13.0 Å². The van der Waals surface area contributed by atoms with Gasteiger partial charge in [-0.15, -0.1) is 0 Å². The van der Waals surface area contributed by atoms with Crippen molar-refractivity contribution >= 4 is 0 Å². The maximum atomic E-state index is 8.88. The van der Waals surface area contributed by atoms with E-state index < -0.39 is 0 Å². The molecule has 0 radical (unpaired) electrons. The lowest BCUT2D eigenvalue weighted by Gasteiger charge is -2.32. The van der Waals surface area contributed by atoms with E-state index in [1.807, 2.05) is 6.92 Å². The molecule has 0 bridgehead atoms. The Morgan fingerprint density at radius 2 is 2.54 bits per heavy atom. The van der Waals surface area contributed by atoms with Gasteiger partial charge in [-0.1, -0.05) is 0 Å². The summed E-state index contributed by atoms with van der Waals surface area (Å²) in [5.41, 5.74) is 0. The first-order chi connectivity index (χ1) is 6.26. The number of hydrogen-bond donors (Lipinski definition) is 1. The second-order valence-corrected chi connectivity index (χ2v) is 3.47. The van der Waals surface area contributed by atoms with Gasteiger partial charge >= 0.3 is 0 Å². The van der Waals surface area contributed by atoms with Crippen molar-refractivity contribution in [3.8, 4) is 6.07 Å². The predicted octanol–water partition coefficient (Wildman–Crippen LogP) is -0.161. The summed E-state index contributed by atoms with van der Waals surface area (Å²) >= 11 is 0. The van der Waals surface area contributed by atoms with E-state index in [1.165, 1.54) is 0 Å². The number of aliphatic hydroxyl groups excluding tert-OH is 1. The van der Waals surface area contributed by atoms with E-state index in [-0.39, 0.29) is 18.6 Å². The van der Waals surface area contributed by atoms with Crippen molar-refractivity contribution in [2.24, 2.45) is 5.92 Å². The second-order valence-electron chi connectivity index (χ2n) is 3.47.